The third-order valence-electron chi connectivity index (χ3n) is 19.7. The predicted molar refractivity (Wildman–Crippen MR) is 418 cm³/mol. The average molecular weight is 1490 g/mol. The maximum Gasteiger partial charge on any atom is 0.472 e. The Morgan fingerprint density at radius 2 is 0.500 bits per heavy atom. The van der Waals surface area contributed by atoms with Crippen molar-refractivity contribution in [1.29, 1.82) is 0 Å². The van der Waals surface area contributed by atoms with Gasteiger partial charge in [-0.15, -0.1) is 0 Å². The molecular weight excluding hydrogens is 1330 g/mol. The third-order valence-corrected chi connectivity index (χ3v) is 21.6. The first-order valence-corrected chi connectivity index (χ1v) is 45.9. The molecule has 0 aromatic carbocycles. The summed E-state index contributed by atoms with van der Waals surface area (Å²) in [5.74, 6) is 0.222. The summed E-state index contributed by atoms with van der Waals surface area (Å²) in [7, 11) is -9.92. The van der Waals surface area contributed by atoms with Crippen LogP contribution in [0.2, 0.25) is 0 Å². The maximum atomic E-state index is 13.1. The number of aliphatic hydroxyl groups is 1. The first kappa shape index (κ1) is 100. The van der Waals surface area contributed by atoms with Gasteiger partial charge in [-0.25, -0.2) is 9.13 Å². The van der Waals surface area contributed by atoms with E-state index in [0.29, 0.717) is 31.6 Å². The van der Waals surface area contributed by atoms with Crippen molar-refractivity contribution in [2.24, 2.45) is 17.8 Å². The van der Waals surface area contributed by atoms with Crippen molar-refractivity contribution in [2.75, 3.05) is 39.6 Å². The lowest BCUT2D eigenvalue weighted by molar-refractivity contribution is -0.161. The Morgan fingerprint density at radius 3 is 0.745 bits per heavy atom. The number of phosphoric ester groups is 2. The molecule has 0 heterocycles. The molecule has 0 bridgehead atoms. The van der Waals surface area contributed by atoms with Crippen molar-refractivity contribution in [1.82, 2.24) is 0 Å². The number of hydrogen-bond acceptors (Lipinski definition) is 15. The summed E-state index contributed by atoms with van der Waals surface area (Å²) in [6, 6.07) is 0. The van der Waals surface area contributed by atoms with E-state index in [2.05, 4.69) is 48.5 Å². The summed E-state index contributed by atoms with van der Waals surface area (Å²) in [4.78, 5) is 73.1. The Balaban J connectivity index is 5.24. The number of rotatable bonds is 81. The number of unbranched alkanes of at least 4 members (excludes halogenated alkanes) is 48. The molecule has 3 N–H and O–H groups in total. The van der Waals surface area contributed by atoms with Gasteiger partial charge in [0.1, 0.15) is 19.3 Å². The third kappa shape index (κ3) is 74.9. The summed E-state index contributed by atoms with van der Waals surface area (Å²) in [5.41, 5.74) is 0. The number of phosphoric acid groups is 2. The van der Waals surface area contributed by atoms with Gasteiger partial charge in [-0.05, 0) is 43.4 Å². The lowest BCUT2D eigenvalue weighted by atomic mass is 9.99. The highest BCUT2D eigenvalue weighted by Crippen LogP contribution is 2.45. The smallest absolute Gasteiger partial charge is 0.462 e. The fourth-order valence-electron chi connectivity index (χ4n) is 12.8. The van der Waals surface area contributed by atoms with E-state index in [9.17, 15) is 43.2 Å². The van der Waals surface area contributed by atoms with Crippen LogP contribution in [0.5, 0.6) is 0 Å². The highest BCUT2D eigenvalue weighted by atomic mass is 31.2. The van der Waals surface area contributed by atoms with E-state index in [1.165, 1.54) is 238 Å². The van der Waals surface area contributed by atoms with Crippen molar-refractivity contribution >= 4 is 39.5 Å². The monoisotopic (exact) mass is 1490 g/mol. The Bertz CT molecular complexity index is 1980. The van der Waals surface area contributed by atoms with Gasteiger partial charge in [0, 0.05) is 25.7 Å². The second-order valence-electron chi connectivity index (χ2n) is 31.1. The van der Waals surface area contributed by atoms with Crippen LogP contribution >= 0.6 is 15.6 Å². The van der Waals surface area contributed by atoms with E-state index < -0.39 is 97.5 Å². The summed E-state index contributed by atoms with van der Waals surface area (Å²) in [5, 5.41) is 10.7. The second kappa shape index (κ2) is 73.2. The summed E-state index contributed by atoms with van der Waals surface area (Å²) >= 11 is 0. The lowest BCUT2D eigenvalue weighted by Gasteiger charge is -2.21. The molecule has 19 heteroatoms. The number of esters is 4. The average Bonchev–Trinajstić information content (AvgIpc) is 0.914. The van der Waals surface area contributed by atoms with Gasteiger partial charge in [-0.2, -0.15) is 0 Å². The zero-order valence-corrected chi connectivity index (χ0v) is 68.9. The van der Waals surface area contributed by atoms with Crippen LogP contribution in [-0.4, -0.2) is 96.7 Å². The summed E-state index contributed by atoms with van der Waals surface area (Å²) < 4.78 is 68.8. The van der Waals surface area contributed by atoms with E-state index in [-0.39, 0.29) is 25.7 Å². The van der Waals surface area contributed by atoms with Crippen molar-refractivity contribution in [3.05, 3.63) is 0 Å². The molecule has 3 unspecified atom stereocenters. The molecule has 0 aliphatic carbocycles. The van der Waals surface area contributed by atoms with Crippen molar-refractivity contribution in [3.8, 4) is 0 Å². The summed E-state index contributed by atoms with van der Waals surface area (Å²) in [6.45, 7) is 12.0. The first-order chi connectivity index (χ1) is 49.3. The maximum absolute atomic E-state index is 13.1. The number of ether oxygens (including phenoxy) is 4. The highest BCUT2D eigenvalue weighted by Gasteiger charge is 2.30. The molecule has 0 aliphatic rings. The van der Waals surface area contributed by atoms with Crippen molar-refractivity contribution in [3.63, 3.8) is 0 Å². The molecule has 6 atom stereocenters. The van der Waals surface area contributed by atoms with Gasteiger partial charge < -0.3 is 33.8 Å². The van der Waals surface area contributed by atoms with Gasteiger partial charge in [0.25, 0.3) is 0 Å². The normalized spacial score (nSPS) is 14.2. The van der Waals surface area contributed by atoms with Crippen molar-refractivity contribution < 1.29 is 80.2 Å². The molecular formula is C83H162O17P2. The number of carbonyl (C=O) groups is 4. The molecule has 0 fully saturated rings. The molecule has 0 rings (SSSR count). The largest absolute Gasteiger partial charge is 0.472 e. The lowest BCUT2D eigenvalue weighted by Crippen LogP contribution is -2.30. The quantitative estimate of drug-likeness (QED) is 0.0222. The molecule has 0 aromatic rings. The Morgan fingerprint density at radius 1 is 0.284 bits per heavy atom. The van der Waals surface area contributed by atoms with Crippen LogP contribution in [0.1, 0.15) is 434 Å². The van der Waals surface area contributed by atoms with Gasteiger partial charge in [-0.1, -0.05) is 382 Å². The zero-order chi connectivity index (χ0) is 75.1. The van der Waals surface area contributed by atoms with E-state index in [4.69, 9.17) is 37.0 Å². The van der Waals surface area contributed by atoms with E-state index in [1.54, 1.807) is 0 Å². The van der Waals surface area contributed by atoms with Crippen LogP contribution < -0.4 is 0 Å². The van der Waals surface area contributed by atoms with E-state index >= 15 is 0 Å². The molecule has 0 aliphatic heterocycles. The number of aliphatic hydroxyl groups excluding tert-OH is 1. The SMILES string of the molecule is CCCCCCCCCCCCCCCCCCCCCC(=O)O[C@H](COC(=O)CCCCCCCCCCCCCCCCC(C)CC)COP(=O)(O)OC[C@@H](O)COP(=O)(O)OC[C@@H](COC(=O)CCCCCCCCCC(C)C)OC(=O)CCCCCCCCCCCCCCC(C)C. The molecule has 0 aromatic heterocycles. The van der Waals surface area contributed by atoms with Gasteiger partial charge in [0.05, 0.1) is 26.4 Å². The molecule has 17 nitrogen and oxygen atoms in total. The molecule has 0 amide bonds. The van der Waals surface area contributed by atoms with Crippen LogP contribution in [0.4, 0.5) is 0 Å². The van der Waals surface area contributed by atoms with Gasteiger partial charge >= 0.3 is 39.5 Å². The van der Waals surface area contributed by atoms with Gasteiger partial charge in [0.15, 0.2) is 12.2 Å². The molecule has 0 radical (unpaired) electrons. The minimum Gasteiger partial charge on any atom is -0.462 e. The molecule has 102 heavy (non-hydrogen) atoms. The Kier molecular flexibility index (Phi) is 71.8. The topological polar surface area (TPSA) is 237 Å². The van der Waals surface area contributed by atoms with Crippen molar-refractivity contribution in [2.45, 2.75) is 452 Å². The first-order valence-electron chi connectivity index (χ1n) is 42.9. The van der Waals surface area contributed by atoms with E-state index in [0.717, 1.165) is 108 Å². The second-order valence-corrected chi connectivity index (χ2v) is 34.0. The van der Waals surface area contributed by atoms with Crippen LogP contribution in [0.15, 0.2) is 0 Å². The Labute approximate surface area is 626 Å². The van der Waals surface area contributed by atoms with Gasteiger partial charge in [-0.3, -0.25) is 37.3 Å². The van der Waals surface area contributed by atoms with Crippen LogP contribution in [0, 0.1) is 17.8 Å². The number of hydrogen-bond donors (Lipinski definition) is 3. The highest BCUT2D eigenvalue weighted by molar-refractivity contribution is 7.47. The molecule has 0 saturated heterocycles. The fraction of sp³-hybridized carbons (Fsp3) is 0.952. The van der Waals surface area contributed by atoms with E-state index in [1.807, 2.05) is 0 Å². The number of carbonyl (C=O) groups excluding carboxylic acids is 4. The Hall–Kier alpha value is -1.94. The fourth-order valence-corrected chi connectivity index (χ4v) is 14.4. The standard InChI is InChI=1S/C83H162O17P2/c1-8-10-11-12-13-14-15-16-17-18-19-20-21-26-32-37-44-52-59-66-82(87)99-78(70-93-80(85)64-57-50-43-36-31-25-23-22-24-30-35-42-49-56-63-76(7)9-2)72-97-101(89,90)95-68-77(84)69-96-102(91,92)98-73-79(71-94-81(86)65-58-51-46-39-41-48-55-62-75(5)6)100-83(88)67-60-53-45-38-33-28-27-29-34-40-47-54-61-74(3)4/h74-79,84H,8-73H2,1-7H3,(H,89,90)(H,91,92)/t76?,77-,78-,79-/m1/s1. The van der Waals surface area contributed by atoms with Crippen LogP contribution in [0.25, 0.3) is 0 Å². The van der Waals surface area contributed by atoms with Gasteiger partial charge in [0.2, 0.25) is 0 Å². The molecule has 606 valence electrons. The molecule has 0 saturated carbocycles. The van der Waals surface area contributed by atoms with Crippen LogP contribution in [0.3, 0.4) is 0 Å². The minimum atomic E-state index is -4.96. The van der Waals surface area contributed by atoms with Crippen LogP contribution in [-0.2, 0) is 65.4 Å². The predicted octanol–water partition coefficient (Wildman–Crippen LogP) is 24.9. The molecule has 0 spiro atoms. The summed E-state index contributed by atoms with van der Waals surface area (Å²) in [6.07, 6.45) is 62.5. The minimum absolute atomic E-state index is 0.106. The zero-order valence-electron chi connectivity index (χ0n) is 67.1.